The first-order valence-electron chi connectivity index (χ1n) is 10.4. The first kappa shape index (κ1) is 24.3. The van der Waals surface area contributed by atoms with Crippen LogP contribution in [0, 0.1) is 0 Å². The second kappa shape index (κ2) is 10.2. The molecule has 0 spiro atoms. The molecule has 0 atom stereocenters. The van der Waals surface area contributed by atoms with Crippen molar-refractivity contribution >= 4 is 38.3 Å². The average molecular weight is 511 g/mol. The first-order chi connectivity index (χ1) is 16.7. The van der Waals surface area contributed by atoms with Gasteiger partial charge in [-0.1, -0.05) is 24.3 Å². The van der Waals surface area contributed by atoms with Crippen molar-refractivity contribution in [3.05, 3.63) is 71.7 Å². The highest BCUT2D eigenvalue weighted by atomic mass is 32.2. The summed E-state index contributed by atoms with van der Waals surface area (Å²) in [7, 11) is -0.860. The minimum atomic E-state index is -3.68. The molecular formula is C23H22N6O4S2. The third-order valence-corrected chi connectivity index (χ3v) is 7.57. The van der Waals surface area contributed by atoms with E-state index in [-0.39, 0.29) is 17.0 Å². The number of aromatic nitrogens is 3. The number of nitrogens with zero attached hydrogens (tertiary/aromatic N) is 3. The number of aromatic amines is 1. The Morgan fingerprint density at radius 1 is 1.06 bits per heavy atom. The minimum Gasteiger partial charge on any atom is -0.343 e. The fourth-order valence-electron chi connectivity index (χ4n) is 3.16. The Morgan fingerprint density at radius 2 is 1.83 bits per heavy atom. The lowest BCUT2D eigenvalue weighted by Crippen LogP contribution is -2.33. The number of hydrogen-bond donors (Lipinski definition) is 3. The number of carbonyl (C=O) groups excluding carboxylic acids is 2. The molecule has 2 aromatic heterocycles. The maximum Gasteiger partial charge on any atom is 0.251 e. The van der Waals surface area contributed by atoms with Gasteiger partial charge in [0.15, 0.2) is 5.13 Å². The third-order valence-electron chi connectivity index (χ3n) is 5.00. The van der Waals surface area contributed by atoms with Crippen molar-refractivity contribution < 1.29 is 18.0 Å². The lowest BCUT2D eigenvalue weighted by atomic mass is 10.1. The summed E-state index contributed by atoms with van der Waals surface area (Å²) in [6.45, 7) is -0.298. The van der Waals surface area contributed by atoms with Gasteiger partial charge in [-0.25, -0.2) is 17.7 Å². The second-order valence-corrected chi connectivity index (χ2v) is 10.6. The van der Waals surface area contributed by atoms with Crippen LogP contribution < -0.4 is 10.6 Å². The Morgan fingerprint density at radius 3 is 2.57 bits per heavy atom. The number of amides is 2. The van der Waals surface area contributed by atoms with Crippen LogP contribution in [0.15, 0.2) is 71.1 Å². The SMILES string of the molecule is CN(C)S(=O)(=O)c1cccc(C(=O)NCC(=O)Nc2nc(-c3cccc(-c4ccn[nH]4)c3)cs2)c1. The largest absolute Gasteiger partial charge is 0.343 e. The van der Waals surface area contributed by atoms with E-state index in [1.165, 1.54) is 49.7 Å². The van der Waals surface area contributed by atoms with Crippen molar-refractivity contribution in [1.29, 1.82) is 0 Å². The molecule has 3 N–H and O–H groups in total. The molecule has 0 aliphatic carbocycles. The van der Waals surface area contributed by atoms with Crippen molar-refractivity contribution in [2.75, 3.05) is 26.0 Å². The zero-order valence-electron chi connectivity index (χ0n) is 18.8. The molecule has 0 unspecified atom stereocenters. The average Bonchev–Trinajstić information content (AvgIpc) is 3.55. The van der Waals surface area contributed by atoms with Gasteiger partial charge < -0.3 is 10.6 Å². The van der Waals surface area contributed by atoms with E-state index in [1.807, 2.05) is 35.7 Å². The van der Waals surface area contributed by atoms with Gasteiger partial charge in [-0.15, -0.1) is 11.3 Å². The molecule has 0 fully saturated rings. The lowest BCUT2D eigenvalue weighted by molar-refractivity contribution is -0.115. The van der Waals surface area contributed by atoms with E-state index in [9.17, 15) is 18.0 Å². The summed E-state index contributed by atoms with van der Waals surface area (Å²) in [5.74, 6) is -1.02. The minimum absolute atomic E-state index is 0.00786. The van der Waals surface area contributed by atoms with Gasteiger partial charge in [0.2, 0.25) is 15.9 Å². The van der Waals surface area contributed by atoms with Gasteiger partial charge in [-0.3, -0.25) is 14.7 Å². The van der Waals surface area contributed by atoms with Crippen LogP contribution in [0.4, 0.5) is 5.13 Å². The number of nitrogens with one attached hydrogen (secondary N) is 3. The Hall–Kier alpha value is -3.87. The van der Waals surface area contributed by atoms with E-state index in [1.54, 1.807) is 6.20 Å². The molecule has 10 nitrogen and oxygen atoms in total. The number of sulfonamides is 1. The number of hydrogen-bond acceptors (Lipinski definition) is 7. The van der Waals surface area contributed by atoms with Crippen LogP contribution in [0.1, 0.15) is 10.4 Å². The van der Waals surface area contributed by atoms with Gasteiger partial charge >= 0.3 is 0 Å². The first-order valence-corrected chi connectivity index (χ1v) is 12.7. The third kappa shape index (κ3) is 5.62. The van der Waals surface area contributed by atoms with Gasteiger partial charge in [-0.05, 0) is 30.3 Å². The Bertz CT molecular complexity index is 1460. The molecule has 0 aliphatic heterocycles. The van der Waals surface area contributed by atoms with E-state index in [0.29, 0.717) is 10.8 Å². The summed E-state index contributed by atoms with van der Waals surface area (Å²) in [5, 5.41) is 14.3. The normalized spacial score (nSPS) is 11.4. The van der Waals surface area contributed by atoms with Crippen LogP contribution in [-0.4, -0.2) is 60.4 Å². The van der Waals surface area contributed by atoms with Crippen LogP contribution in [-0.2, 0) is 14.8 Å². The van der Waals surface area contributed by atoms with Crippen molar-refractivity contribution in [2.24, 2.45) is 0 Å². The fraction of sp³-hybridized carbons (Fsp3) is 0.130. The number of benzene rings is 2. The van der Waals surface area contributed by atoms with Crippen molar-refractivity contribution in [1.82, 2.24) is 24.8 Å². The number of anilines is 1. The molecule has 180 valence electrons. The number of thiazole rings is 1. The van der Waals surface area contributed by atoms with E-state index in [4.69, 9.17) is 0 Å². The van der Waals surface area contributed by atoms with E-state index in [0.717, 1.165) is 21.1 Å². The van der Waals surface area contributed by atoms with Crippen LogP contribution in [0.2, 0.25) is 0 Å². The highest BCUT2D eigenvalue weighted by Crippen LogP contribution is 2.28. The van der Waals surface area contributed by atoms with Gasteiger partial charge in [0, 0.05) is 42.4 Å². The van der Waals surface area contributed by atoms with Gasteiger partial charge in [0.05, 0.1) is 22.8 Å². The summed E-state index contributed by atoms with van der Waals surface area (Å²) < 4.78 is 25.6. The number of carbonyl (C=O) groups is 2. The molecule has 0 saturated carbocycles. The standard InChI is InChI=1S/C23H22N6O4S2/c1-29(2)35(32,33)18-8-4-7-17(12-18)22(31)24-13-21(30)27-23-26-20(14-34-23)16-6-3-5-15(11-16)19-9-10-25-28-19/h3-12,14H,13H2,1-2H3,(H,24,31)(H,25,28)(H,26,27,30). The van der Waals surface area contributed by atoms with Gasteiger partial charge in [0.25, 0.3) is 5.91 Å². The van der Waals surface area contributed by atoms with Crippen molar-refractivity contribution in [2.45, 2.75) is 4.90 Å². The monoisotopic (exact) mass is 510 g/mol. The zero-order chi connectivity index (χ0) is 25.0. The van der Waals surface area contributed by atoms with Crippen molar-refractivity contribution in [3.8, 4) is 22.5 Å². The smallest absolute Gasteiger partial charge is 0.251 e. The second-order valence-electron chi connectivity index (χ2n) is 7.64. The summed E-state index contributed by atoms with van der Waals surface area (Å²) in [6.07, 6.45) is 1.68. The number of rotatable bonds is 8. The topological polar surface area (TPSA) is 137 Å². The quantitative estimate of drug-likeness (QED) is 0.333. The van der Waals surface area contributed by atoms with E-state index < -0.39 is 21.8 Å². The molecule has 0 bridgehead atoms. The Kier molecular flexibility index (Phi) is 7.05. The van der Waals surface area contributed by atoms with Crippen LogP contribution in [0.25, 0.3) is 22.5 Å². The highest BCUT2D eigenvalue weighted by molar-refractivity contribution is 7.89. The molecule has 4 aromatic rings. The predicted octanol–water partition coefficient (Wildman–Crippen LogP) is 2.82. The highest BCUT2D eigenvalue weighted by Gasteiger charge is 2.19. The maximum atomic E-state index is 12.4. The maximum absolute atomic E-state index is 12.4. The van der Waals surface area contributed by atoms with Crippen molar-refractivity contribution in [3.63, 3.8) is 0 Å². The molecule has 4 rings (SSSR count). The molecular weight excluding hydrogens is 488 g/mol. The summed E-state index contributed by atoms with van der Waals surface area (Å²) in [4.78, 5) is 29.2. The molecule has 0 saturated heterocycles. The van der Waals surface area contributed by atoms with E-state index >= 15 is 0 Å². The van der Waals surface area contributed by atoms with Crippen LogP contribution in [0.3, 0.4) is 0 Å². The zero-order valence-corrected chi connectivity index (χ0v) is 20.5. The fourth-order valence-corrected chi connectivity index (χ4v) is 4.85. The lowest BCUT2D eigenvalue weighted by Gasteiger charge is -2.12. The molecule has 35 heavy (non-hydrogen) atoms. The summed E-state index contributed by atoms with van der Waals surface area (Å²) >= 11 is 1.27. The van der Waals surface area contributed by atoms with Gasteiger partial charge in [-0.2, -0.15) is 5.10 Å². The molecule has 2 aromatic carbocycles. The molecule has 0 aliphatic rings. The molecule has 2 amide bonds. The summed E-state index contributed by atoms with van der Waals surface area (Å²) in [5.41, 5.74) is 3.57. The Balaban J connectivity index is 1.37. The molecule has 2 heterocycles. The Labute approximate surface area is 206 Å². The molecule has 0 radical (unpaired) electrons. The van der Waals surface area contributed by atoms with Crippen LogP contribution >= 0.6 is 11.3 Å². The van der Waals surface area contributed by atoms with E-state index in [2.05, 4.69) is 25.8 Å². The number of H-pyrrole nitrogens is 1. The van der Waals surface area contributed by atoms with Gasteiger partial charge in [0.1, 0.15) is 0 Å². The van der Waals surface area contributed by atoms with Crippen LogP contribution in [0.5, 0.6) is 0 Å². The molecule has 12 heteroatoms. The predicted molar refractivity (Wildman–Crippen MR) is 133 cm³/mol. The summed E-state index contributed by atoms with van der Waals surface area (Å²) in [6, 6.07) is 15.3.